The molecule has 22 heteroatoms. The Kier molecular flexibility index (Phi) is 11.4. The van der Waals surface area contributed by atoms with Crippen molar-refractivity contribution < 1.29 is 28.7 Å². The van der Waals surface area contributed by atoms with Crippen LogP contribution in [0.5, 0.6) is 0 Å². The molecule has 6 aromatic rings. The molecule has 2 fully saturated rings. The second-order valence-electron chi connectivity index (χ2n) is 16.9. The molecule has 6 heterocycles. The zero-order chi connectivity index (χ0) is 44.5. The lowest BCUT2D eigenvalue weighted by Gasteiger charge is -2.29. The van der Waals surface area contributed by atoms with E-state index in [-0.39, 0.29) is 37.0 Å². The molecule has 21 nitrogen and oxygen atoms in total. The van der Waals surface area contributed by atoms with Crippen molar-refractivity contribution in [2.45, 2.75) is 75.7 Å². The number of benzene rings is 3. The highest BCUT2D eigenvalue weighted by Crippen LogP contribution is 2.40. The number of carbonyl (C=O) groups excluding carboxylic acids is 4. The van der Waals surface area contributed by atoms with Gasteiger partial charge in [-0.3, -0.25) is 14.6 Å². The third-order valence-corrected chi connectivity index (χ3v) is 14.8. The minimum atomic E-state index is -1.85. The van der Waals surface area contributed by atoms with Crippen molar-refractivity contribution in [2.24, 2.45) is 4.99 Å². The van der Waals surface area contributed by atoms with Crippen LogP contribution in [0.1, 0.15) is 30.3 Å². The number of ether oxygens (including phenoxy) is 2. The highest BCUT2D eigenvalue weighted by Gasteiger charge is 2.45. The normalized spacial score (nSPS) is 18.7. The van der Waals surface area contributed by atoms with Gasteiger partial charge in [-0.25, -0.2) is 14.6 Å². The number of amides is 4. The standard InChI is InChI=1S/C42H47N15O6Si/c1-62-41(60)50-34(19-56-46-22-44-52-56)39(58)54-15-5-6-36(54)32-17-30-29-13-11-27(16-28(29)12-14-31(30)48-32)25-7-9-26(10-8-25)33-18-43-38(49-33)37-21-64(3,4)24-55(37)40(59)35(51-42(61)63-2)20-57-47-23-45-53-57/h7-14,16,18,22-23,34-37H,5-6,15,17,19-21,24H2,1-4H3,(H,43,49)(H,50,60)(H,51,61)/t34-,35-,36-,37-/m0/s1. The van der Waals surface area contributed by atoms with Crippen LogP contribution >= 0.6 is 0 Å². The number of rotatable bonds is 12. The van der Waals surface area contributed by atoms with Gasteiger partial charge in [0.05, 0.1) is 65.0 Å². The molecule has 0 spiro atoms. The molecule has 9 rings (SSSR count). The molecular weight excluding hydrogens is 839 g/mol. The fraction of sp³-hybridized carbons (Fsp3) is 0.381. The number of fused-ring (bicyclic) bond motifs is 3. The molecule has 3 aliphatic rings. The van der Waals surface area contributed by atoms with Crippen LogP contribution in [0.4, 0.5) is 15.3 Å². The number of tetrazole rings is 2. The number of nitrogens with zero attached hydrogens (tertiary/aromatic N) is 12. The Hall–Kier alpha value is -7.36. The van der Waals surface area contributed by atoms with Crippen molar-refractivity contribution in [2.75, 3.05) is 26.9 Å². The van der Waals surface area contributed by atoms with Crippen molar-refractivity contribution in [1.29, 1.82) is 0 Å². The molecule has 0 saturated carbocycles. The van der Waals surface area contributed by atoms with Gasteiger partial charge in [0.2, 0.25) is 11.8 Å². The summed E-state index contributed by atoms with van der Waals surface area (Å²) in [6.45, 7) is 5.03. The Morgan fingerprint density at radius 1 is 0.812 bits per heavy atom. The average Bonchev–Trinajstić information content (AvgIpc) is 4.17. The predicted molar refractivity (Wildman–Crippen MR) is 234 cm³/mol. The zero-order valence-electron chi connectivity index (χ0n) is 35.7. The molecule has 0 bridgehead atoms. The van der Waals surface area contributed by atoms with Crippen LogP contribution in [-0.2, 0) is 38.6 Å². The first-order valence-corrected chi connectivity index (χ1v) is 24.4. The van der Waals surface area contributed by atoms with Crippen LogP contribution in [-0.4, -0.2) is 143 Å². The van der Waals surface area contributed by atoms with Gasteiger partial charge in [-0.05, 0) is 74.5 Å². The summed E-state index contributed by atoms with van der Waals surface area (Å²) in [5, 5.41) is 30.7. The van der Waals surface area contributed by atoms with Crippen LogP contribution < -0.4 is 10.6 Å². The molecule has 64 heavy (non-hydrogen) atoms. The quantitative estimate of drug-likeness (QED) is 0.149. The van der Waals surface area contributed by atoms with E-state index in [0.29, 0.717) is 25.0 Å². The maximum Gasteiger partial charge on any atom is 0.407 e. The minimum absolute atomic E-state index is 0.00151. The summed E-state index contributed by atoms with van der Waals surface area (Å²) in [4.78, 5) is 72.0. The maximum absolute atomic E-state index is 14.1. The van der Waals surface area contributed by atoms with Gasteiger partial charge in [-0.15, -0.1) is 20.4 Å². The van der Waals surface area contributed by atoms with E-state index in [2.05, 4.69) is 108 Å². The van der Waals surface area contributed by atoms with E-state index in [4.69, 9.17) is 19.5 Å². The van der Waals surface area contributed by atoms with E-state index in [1.165, 1.54) is 36.5 Å². The molecule has 3 N–H and O–H groups in total. The Morgan fingerprint density at radius 3 is 2.09 bits per heavy atom. The van der Waals surface area contributed by atoms with Gasteiger partial charge in [0.1, 0.15) is 17.9 Å². The number of aromatic nitrogens is 10. The summed E-state index contributed by atoms with van der Waals surface area (Å²) in [5.41, 5.74) is 6.82. The van der Waals surface area contributed by atoms with E-state index < -0.39 is 32.3 Å². The fourth-order valence-electron chi connectivity index (χ4n) is 9.08. The second-order valence-corrected chi connectivity index (χ2v) is 22.0. The van der Waals surface area contributed by atoms with Crippen LogP contribution in [0.3, 0.4) is 0 Å². The lowest BCUT2D eigenvalue weighted by molar-refractivity contribution is -0.135. The van der Waals surface area contributed by atoms with Gasteiger partial charge < -0.3 is 34.9 Å². The molecule has 0 radical (unpaired) electrons. The third kappa shape index (κ3) is 8.54. The zero-order valence-corrected chi connectivity index (χ0v) is 36.7. The van der Waals surface area contributed by atoms with Crippen molar-refractivity contribution in [3.63, 3.8) is 0 Å². The first-order valence-electron chi connectivity index (χ1n) is 21.0. The number of alkyl carbamates (subject to hydrolysis) is 2. The Labute approximate surface area is 367 Å². The number of H-pyrrole nitrogens is 1. The molecule has 3 aromatic carbocycles. The van der Waals surface area contributed by atoms with Gasteiger partial charge in [-0.1, -0.05) is 55.6 Å². The summed E-state index contributed by atoms with van der Waals surface area (Å²) in [5.74, 6) is 0.157. The summed E-state index contributed by atoms with van der Waals surface area (Å²) in [6, 6.07) is 17.2. The molecule has 0 unspecified atom stereocenters. The smallest absolute Gasteiger partial charge is 0.407 e. The monoisotopic (exact) mass is 885 g/mol. The Bertz CT molecular complexity index is 2720. The number of nitrogens with one attached hydrogen (secondary N) is 3. The lowest BCUT2D eigenvalue weighted by Crippen LogP contribution is -2.53. The van der Waals surface area contributed by atoms with E-state index in [1.54, 1.807) is 11.1 Å². The van der Waals surface area contributed by atoms with Crippen molar-refractivity contribution in [3.8, 4) is 22.4 Å². The number of aliphatic imine (C=N–C) groups is 1. The second kappa shape index (κ2) is 17.4. The Balaban J connectivity index is 0.887. The predicted octanol–water partition coefficient (Wildman–Crippen LogP) is 3.47. The summed E-state index contributed by atoms with van der Waals surface area (Å²) in [7, 11) is 0.651. The van der Waals surface area contributed by atoms with E-state index in [1.807, 2.05) is 11.0 Å². The number of methoxy groups -OCH3 is 2. The van der Waals surface area contributed by atoms with Crippen LogP contribution in [0.2, 0.25) is 19.1 Å². The number of aromatic amines is 1. The summed E-state index contributed by atoms with van der Waals surface area (Å²) in [6.07, 6.45) is 5.68. The number of hydrogen-bond donors (Lipinski definition) is 3. The van der Waals surface area contributed by atoms with Crippen LogP contribution in [0.25, 0.3) is 33.2 Å². The van der Waals surface area contributed by atoms with Gasteiger partial charge in [0, 0.05) is 24.8 Å². The van der Waals surface area contributed by atoms with E-state index >= 15 is 0 Å². The Morgan fingerprint density at radius 2 is 1.45 bits per heavy atom. The average molecular weight is 886 g/mol. The largest absolute Gasteiger partial charge is 0.453 e. The maximum atomic E-state index is 14.1. The van der Waals surface area contributed by atoms with Crippen molar-refractivity contribution in [1.82, 2.24) is 70.8 Å². The topological polar surface area (TPSA) is 246 Å². The summed E-state index contributed by atoms with van der Waals surface area (Å²) < 4.78 is 9.62. The lowest BCUT2D eigenvalue weighted by atomic mass is 9.95. The van der Waals surface area contributed by atoms with Crippen LogP contribution in [0, 0.1) is 0 Å². The molecule has 0 aliphatic carbocycles. The van der Waals surface area contributed by atoms with Crippen LogP contribution in [0.15, 0.2) is 78.4 Å². The molecule has 4 amide bonds. The molecule has 330 valence electrons. The van der Waals surface area contributed by atoms with Gasteiger partial charge in [-0.2, -0.15) is 9.59 Å². The first-order chi connectivity index (χ1) is 31.0. The molecule has 4 atom stereocenters. The number of likely N-dealkylation sites (tertiary alicyclic amines) is 1. The van der Waals surface area contributed by atoms with Gasteiger partial charge in [0.25, 0.3) is 0 Å². The highest BCUT2D eigenvalue weighted by atomic mass is 28.3. The van der Waals surface area contributed by atoms with E-state index in [0.717, 1.165) is 69.0 Å². The van der Waals surface area contributed by atoms with E-state index in [9.17, 15) is 19.2 Å². The molecule has 3 aliphatic heterocycles. The third-order valence-electron chi connectivity index (χ3n) is 12.1. The number of hydrogen-bond acceptors (Lipinski definition) is 14. The van der Waals surface area contributed by atoms with Crippen molar-refractivity contribution >= 4 is 54.2 Å². The summed E-state index contributed by atoms with van der Waals surface area (Å²) >= 11 is 0. The molecular formula is C42H47N15O6Si. The first kappa shape index (κ1) is 42.0. The SMILES string of the molecule is COC(=O)N[C@@H](Cn1ncnn1)C(=O)N1CCC[C@H]1C1=Nc2ccc3cc(-c4ccc(-c5cnc([C@@H]6C[Si](C)(C)CN6C(=O)[C@H](Cn6ncnn6)NC(=O)OC)[nH]5)cc4)ccc3c2C1. The molecule has 2 saturated heterocycles. The number of imidazole rings is 1. The van der Waals surface area contributed by atoms with Crippen molar-refractivity contribution in [3.05, 3.63) is 84.8 Å². The van der Waals surface area contributed by atoms with Gasteiger partial charge in [0.15, 0.2) is 12.7 Å². The highest BCUT2D eigenvalue weighted by molar-refractivity contribution is 6.78. The number of carbonyl (C=O) groups is 4. The molecule has 3 aromatic heterocycles. The minimum Gasteiger partial charge on any atom is -0.453 e. The fourth-order valence-corrected chi connectivity index (χ4v) is 12.0. The van der Waals surface area contributed by atoms with Gasteiger partial charge >= 0.3 is 12.2 Å².